The molecule has 41 heavy (non-hydrogen) atoms. The fourth-order valence-electron chi connectivity index (χ4n) is 7.22. The van der Waals surface area contributed by atoms with Gasteiger partial charge in [-0.1, -0.05) is 58.0 Å². The van der Waals surface area contributed by atoms with E-state index in [1.807, 2.05) is 0 Å². The predicted octanol–water partition coefficient (Wildman–Crippen LogP) is 4.77. The minimum absolute atomic E-state index is 0.0181. The number of halogens is 1. The van der Waals surface area contributed by atoms with Crippen LogP contribution in [0.1, 0.15) is 71.2 Å². The molecule has 4 aliphatic rings. The Balaban J connectivity index is 1.27. The van der Waals surface area contributed by atoms with E-state index in [-0.39, 0.29) is 23.3 Å². The lowest BCUT2D eigenvalue weighted by molar-refractivity contribution is -0.199. The topological polar surface area (TPSA) is 96.9 Å². The first-order chi connectivity index (χ1) is 19.3. The van der Waals surface area contributed by atoms with Gasteiger partial charge in [-0.2, -0.15) is 0 Å². The fraction of sp³-hybridized carbons (Fsp3) is 0.562. The summed E-state index contributed by atoms with van der Waals surface area (Å²) in [6.45, 7) is 12.4. The van der Waals surface area contributed by atoms with E-state index in [9.17, 15) is 19.1 Å². The highest BCUT2D eigenvalue weighted by atomic mass is 19.1. The van der Waals surface area contributed by atoms with Gasteiger partial charge in [0.2, 0.25) is 5.91 Å². The van der Waals surface area contributed by atoms with Crippen molar-refractivity contribution in [2.24, 2.45) is 23.2 Å². The highest BCUT2D eigenvalue weighted by Gasteiger charge is 2.68. The van der Waals surface area contributed by atoms with Crippen molar-refractivity contribution in [3.8, 4) is 11.1 Å². The predicted molar refractivity (Wildman–Crippen MR) is 156 cm³/mol. The number of rotatable bonds is 9. The molecule has 3 N–H and O–H groups in total. The molecule has 7 nitrogen and oxygen atoms in total. The van der Waals surface area contributed by atoms with Gasteiger partial charge in [0.25, 0.3) is 5.91 Å². The third kappa shape index (κ3) is 5.56. The summed E-state index contributed by atoms with van der Waals surface area (Å²) in [5.74, 6) is -0.547. The second-order valence-corrected chi connectivity index (χ2v) is 13.3. The molecule has 0 radical (unpaired) electrons. The van der Waals surface area contributed by atoms with Gasteiger partial charge in [-0.3, -0.25) is 9.59 Å². The van der Waals surface area contributed by atoms with Gasteiger partial charge in [-0.05, 0) is 80.0 Å². The van der Waals surface area contributed by atoms with Crippen molar-refractivity contribution >= 4 is 18.9 Å². The lowest BCUT2D eigenvalue weighted by atomic mass is 9.43. The van der Waals surface area contributed by atoms with Crippen LogP contribution in [-0.2, 0) is 14.1 Å². The highest BCUT2D eigenvalue weighted by molar-refractivity contribution is 6.48. The molecule has 1 aliphatic heterocycles. The van der Waals surface area contributed by atoms with Crippen LogP contribution in [0.2, 0.25) is 0 Å². The molecule has 1 heterocycles. The van der Waals surface area contributed by atoms with E-state index in [1.54, 1.807) is 42.5 Å². The number of aliphatic hydroxyl groups is 1. The summed E-state index contributed by atoms with van der Waals surface area (Å²) in [5.41, 5.74) is 1.16. The van der Waals surface area contributed by atoms with E-state index in [0.29, 0.717) is 34.9 Å². The summed E-state index contributed by atoms with van der Waals surface area (Å²) >= 11 is 0. The number of amides is 2. The zero-order valence-electron chi connectivity index (χ0n) is 24.8. The molecule has 3 aliphatic carbocycles. The first-order valence-electron chi connectivity index (χ1n) is 14.8. The van der Waals surface area contributed by atoms with Crippen LogP contribution < -0.4 is 10.6 Å². The molecule has 9 heteroatoms. The van der Waals surface area contributed by atoms with Crippen molar-refractivity contribution in [1.29, 1.82) is 0 Å². The quantitative estimate of drug-likeness (QED) is 0.382. The van der Waals surface area contributed by atoms with E-state index < -0.39 is 42.6 Å². The van der Waals surface area contributed by atoms with Gasteiger partial charge in [-0.25, -0.2) is 4.39 Å². The maximum atomic E-state index is 14.2. The summed E-state index contributed by atoms with van der Waals surface area (Å²) in [4.78, 5) is 26.6. The van der Waals surface area contributed by atoms with Crippen LogP contribution in [0, 0.1) is 29.0 Å². The maximum Gasteiger partial charge on any atom is 0.481 e. The fourth-order valence-corrected chi connectivity index (χ4v) is 7.22. The Morgan fingerprint density at radius 1 is 1.05 bits per heavy atom. The zero-order chi connectivity index (χ0) is 29.7. The summed E-state index contributed by atoms with van der Waals surface area (Å²) < 4.78 is 27.3. The molecule has 0 unspecified atom stereocenters. The van der Waals surface area contributed by atoms with Crippen molar-refractivity contribution < 1.29 is 28.4 Å². The van der Waals surface area contributed by atoms with Gasteiger partial charge >= 0.3 is 7.12 Å². The molecule has 0 aromatic heterocycles. The van der Waals surface area contributed by atoms with Crippen LogP contribution in [-0.4, -0.2) is 53.8 Å². The number of aliphatic hydroxyl groups excluding tert-OH is 1. The van der Waals surface area contributed by atoms with Crippen molar-refractivity contribution in [3.05, 3.63) is 59.9 Å². The van der Waals surface area contributed by atoms with Crippen LogP contribution in [0.15, 0.2) is 48.5 Å². The molecule has 220 valence electrons. The summed E-state index contributed by atoms with van der Waals surface area (Å²) in [5, 5.41) is 16.2. The van der Waals surface area contributed by atoms with Gasteiger partial charge in [0.15, 0.2) is 0 Å². The van der Waals surface area contributed by atoms with E-state index in [2.05, 4.69) is 45.3 Å². The number of carbonyl (C=O) groups excluding carboxylic acids is 2. The van der Waals surface area contributed by atoms with Crippen LogP contribution in [0.4, 0.5) is 4.39 Å². The van der Waals surface area contributed by atoms with E-state index in [1.165, 1.54) is 13.0 Å². The highest BCUT2D eigenvalue weighted by Crippen LogP contribution is 2.65. The lowest BCUT2D eigenvalue weighted by Crippen LogP contribution is -2.65. The van der Waals surface area contributed by atoms with Gasteiger partial charge in [-0.15, -0.1) is 0 Å². The monoisotopic (exact) mass is 564 g/mol. The summed E-state index contributed by atoms with van der Waals surface area (Å²) in [7, 11) is -0.609. The first kappa shape index (κ1) is 29.7. The Morgan fingerprint density at radius 3 is 2.34 bits per heavy atom. The molecule has 2 aromatic rings. The number of hydrogen-bond donors (Lipinski definition) is 3. The van der Waals surface area contributed by atoms with E-state index in [0.717, 1.165) is 12.8 Å². The smallest absolute Gasteiger partial charge is 0.404 e. The number of nitrogens with one attached hydrogen (secondary N) is 2. The van der Waals surface area contributed by atoms with Crippen molar-refractivity contribution in [3.63, 3.8) is 0 Å². The minimum Gasteiger partial charge on any atom is -0.404 e. The van der Waals surface area contributed by atoms with Crippen LogP contribution in [0.25, 0.3) is 11.1 Å². The molecule has 1 saturated heterocycles. The minimum atomic E-state index is -1.19. The normalized spacial score (nSPS) is 28.3. The summed E-state index contributed by atoms with van der Waals surface area (Å²) in [6.07, 6.45) is 1.54. The molecule has 7 atom stereocenters. The van der Waals surface area contributed by atoms with Crippen LogP contribution in [0.5, 0.6) is 0 Å². The standard InChI is InChI=1S/C32H42BFN2O5/c1-18(2)15-27(33-40-26-17-22-16-25(31(22,4)5)32(26,6)41-33)35-30(39)28(19(3)37)36-29(38)21-13-11-20(12-14-21)23-9-7-8-10-24(23)34/h7-14,18-19,22,25-28,37H,15-17H2,1-6H3,(H,35,39)(H,36,38)/t19-,22-,25-,26-,27+,28+,32+/m1/s1. The molecule has 2 aromatic carbocycles. The Labute approximate surface area is 242 Å². The first-order valence-corrected chi connectivity index (χ1v) is 14.8. The Bertz CT molecular complexity index is 1290. The van der Waals surface area contributed by atoms with Crippen molar-refractivity contribution in [1.82, 2.24) is 10.6 Å². The molecule has 3 saturated carbocycles. The van der Waals surface area contributed by atoms with E-state index in [4.69, 9.17) is 9.31 Å². The second kappa shape index (κ2) is 11.2. The van der Waals surface area contributed by atoms with Crippen LogP contribution in [0.3, 0.4) is 0 Å². The Morgan fingerprint density at radius 2 is 1.73 bits per heavy atom. The van der Waals surface area contributed by atoms with Gasteiger partial charge in [0.1, 0.15) is 11.9 Å². The molecular formula is C32H42BFN2O5. The molecule has 6 rings (SSSR count). The van der Waals surface area contributed by atoms with Crippen LogP contribution >= 0.6 is 0 Å². The Hall–Kier alpha value is -2.75. The maximum absolute atomic E-state index is 14.2. The molecule has 2 amide bonds. The number of hydrogen-bond acceptors (Lipinski definition) is 5. The summed E-state index contributed by atoms with van der Waals surface area (Å²) in [6, 6.07) is 11.7. The zero-order valence-corrected chi connectivity index (χ0v) is 24.8. The van der Waals surface area contributed by atoms with E-state index >= 15 is 0 Å². The Kier molecular flexibility index (Phi) is 8.09. The van der Waals surface area contributed by atoms with Gasteiger partial charge in [0, 0.05) is 11.1 Å². The molecule has 4 fully saturated rings. The molecule has 2 bridgehead atoms. The average Bonchev–Trinajstić information content (AvgIpc) is 3.28. The third-order valence-electron chi connectivity index (χ3n) is 9.73. The lowest BCUT2D eigenvalue weighted by Gasteiger charge is -2.64. The third-order valence-corrected chi connectivity index (χ3v) is 9.73. The van der Waals surface area contributed by atoms with Crippen molar-refractivity contribution in [2.75, 3.05) is 0 Å². The SMILES string of the molecule is CC(C)C[C@H](NC(=O)[C@@H](NC(=O)c1ccc(-c2ccccc2F)cc1)[C@@H](C)O)B1O[C@@H]2C[C@H]3C[C@H](C3(C)C)[C@]2(C)O1. The average molecular weight is 565 g/mol. The number of carbonyl (C=O) groups is 2. The molecule has 0 spiro atoms. The largest absolute Gasteiger partial charge is 0.481 e. The van der Waals surface area contributed by atoms with Gasteiger partial charge in [0.05, 0.1) is 23.8 Å². The second-order valence-electron chi connectivity index (χ2n) is 13.3. The van der Waals surface area contributed by atoms with Gasteiger partial charge < -0.3 is 25.0 Å². The van der Waals surface area contributed by atoms with Crippen molar-refractivity contribution in [2.45, 2.75) is 90.6 Å². The number of benzene rings is 2. The molecular weight excluding hydrogens is 522 g/mol.